The number of hydrogen-bond acceptors (Lipinski definition) is 6. The van der Waals surface area contributed by atoms with Crippen LogP contribution in [0.5, 0.6) is 11.5 Å². The lowest BCUT2D eigenvalue weighted by Gasteiger charge is -2.11. The summed E-state index contributed by atoms with van der Waals surface area (Å²) in [7, 11) is 0.953. The molecule has 0 saturated carbocycles. The average molecular weight is 266 g/mol. The Hall–Kier alpha value is -2.39. The number of pyridine rings is 1. The number of aromatic nitrogens is 1. The molecule has 98 valence electrons. The third-order valence-corrected chi connectivity index (χ3v) is 1.73. The summed E-state index contributed by atoms with van der Waals surface area (Å²) in [5.41, 5.74) is -1.62. The van der Waals surface area contributed by atoms with Crippen LogP contribution in [0.15, 0.2) is 6.20 Å². The first-order valence-corrected chi connectivity index (χ1v) is 4.22. The molecule has 1 heterocycles. The van der Waals surface area contributed by atoms with Crippen molar-refractivity contribution in [2.75, 3.05) is 7.11 Å². The van der Waals surface area contributed by atoms with Gasteiger partial charge in [0.1, 0.15) is 0 Å². The number of methoxy groups -OCH3 is 1. The largest absolute Gasteiger partial charge is 0.573 e. The number of carbonyl (C=O) groups is 1. The summed E-state index contributed by atoms with van der Waals surface area (Å²) in [6.45, 7) is 0. The van der Waals surface area contributed by atoms with E-state index < -0.39 is 34.2 Å². The molecule has 0 aliphatic rings. The van der Waals surface area contributed by atoms with Crippen LogP contribution in [-0.4, -0.2) is 29.7 Å². The minimum atomic E-state index is -5.12. The van der Waals surface area contributed by atoms with Gasteiger partial charge < -0.3 is 9.47 Å². The van der Waals surface area contributed by atoms with Gasteiger partial charge in [-0.25, -0.2) is 4.98 Å². The quantitative estimate of drug-likeness (QED) is 0.468. The molecule has 0 unspecified atom stereocenters. The number of hydrogen-bond donors (Lipinski definition) is 0. The first kappa shape index (κ1) is 13.7. The number of alkyl halides is 3. The number of nitro groups is 1. The van der Waals surface area contributed by atoms with Crippen LogP contribution in [0.4, 0.5) is 18.9 Å². The number of ether oxygens (including phenoxy) is 2. The lowest BCUT2D eigenvalue weighted by molar-refractivity contribution is -0.389. The molecule has 0 bridgehead atoms. The van der Waals surface area contributed by atoms with Crippen molar-refractivity contribution < 1.29 is 32.4 Å². The zero-order chi connectivity index (χ0) is 13.9. The van der Waals surface area contributed by atoms with E-state index in [0.717, 1.165) is 7.11 Å². The molecule has 0 aliphatic carbocycles. The fraction of sp³-hybridized carbons (Fsp3) is 0.250. The Kier molecular flexibility index (Phi) is 3.69. The second-order valence-corrected chi connectivity index (χ2v) is 2.81. The first-order valence-electron chi connectivity index (χ1n) is 4.22. The van der Waals surface area contributed by atoms with Gasteiger partial charge in [-0.3, -0.25) is 14.9 Å². The molecule has 18 heavy (non-hydrogen) atoms. The van der Waals surface area contributed by atoms with E-state index in [1.165, 1.54) is 0 Å². The summed E-state index contributed by atoms with van der Waals surface area (Å²) >= 11 is 0. The molecule has 10 heteroatoms. The molecule has 0 fully saturated rings. The molecule has 1 rings (SSSR count). The first-order chi connectivity index (χ1) is 8.30. The summed E-state index contributed by atoms with van der Waals surface area (Å²) in [6, 6.07) is 0. The van der Waals surface area contributed by atoms with Crippen LogP contribution >= 0.6 is 0 Å². The van der Waals surface area contributed by atoms with Gasteiger partial charge in [-0.1, -0.05) is 0 Å². The number of carbonyl (C=O) groups excluding carboxylic acids is 1. The molecule has 1 aromatic heterocycles. The maximum absolute atomic E-state index is 12.0. The zero-order valence-corrected chi connectivity index (χ0v) is 8.72. The van der Waals surface area contributed by atoms with Crippen molar-refractivity contribution in [2.45, 2.75) is 6.36 Å². The number of rotatable bonds is 4. The lowest BCUT2D eigenvalue weighted by atomic mass is 10.3. The number of nitrogens with zero attached hydrogens (tertiary/aromatic N) is 2. The highest BCUT2D eigenvalue weighted by Gasteiger charge is 2.37. The van der Waals surface area contributed by atoms with E-state index >= 15 is 0 Å². The predicted octanol–water partition coefficient (Wildman–Crippen LogP) is 1.71. The molecule has 7 nitrogen and oxygen atoms in total. The van der Waals surface area contributed by atoms with Crippen molar-refractivity contribution in [3.05, 3.63) is 22.0 Å². The van der Waals surface area contributed by atoms with Gasteiger partial charge in [0.2, 0.25) is 11.5 Å². The normalized spacial score (nSPS) is 10.9. The molecular weight excluding hydrogens is 261 g/mol. The fourth-order valence-electron chi connectivity index (χ4n) is 1.14. The third-order valence-electron chi connectivity index (χ3n) is 1.73. The van der Waals surface area contributed by atoms with Crippen molar-refractivity contribution in [1.82, 2.24) is 4.98 Å². The van der Waals surface area contributed by atoms with Crippen LogP contribution in [0.3, 0.4) is 0 Å². The maximum Gasteiger partial charge on any atom is 0.573 e. The number of aldehydes is 1. The van der Waals surface area contributed by atoms with Gasteiger partial charge in [0, 0.05) is 0 Å². The van der Waals surface area contributed by atoms with Gasteiger partial charge >= 0.3 is 12.0 Å². The fourth-order valence-corrected chi connectivity index (χ4v) is 1.14. The molecule has 0 aromatic carbocycles. The Morgan fingerprint density at radius 1 is 1.50 bits per heavy atom. The monoisotopic (exact) mass is 266 g/mol. The third kappa shape index (κ3) is 2.84. The van der Waals surface area contributed by atoms with E-state index in [2.05, 4.69) is 14.5 Å². The van der Waals surface area contributed by atoms with Gasteiger partial charge in [-0.05, 0) is 0 Å². The average Bonchev–Trinajstić information content (AvgIpc) is 2.25. The Balaban J connectivity index is 3.44. The summed E-state index contributed by atoms with van der Waals surface area (Å²) in [6.07, 6.45) is -4.58. The predicted molar refractivity (Wildman–Crippen MR) is 49.5 cm³/mol. The Labute approximate surface area is 97.3 Å². The highest BCUT2D eigenvalue weighted by molar-refractivity contribution is 5.80. The summed E-state index contributed by atoms with van der Waals surface area (Å²) < 4.78 is 44.0. The van der Waals surface area contributed by atoms with Crippen LogP contribution in [0.25, 0.3) is 0 Å². The van der Waals surface area contributed by atoms with Gasteiger partial charge in [0.15, 0.2) is 12.0 Å². The second kappa shape index (κ2) is 4.85. The highest BCUT2D eigenvalue weighted by atomic mass is 19.4. The van der Waals surface area contributed by atoms with E-state index in [4.69, 9.17) is 0 Å². The van der Waals surface area contributed by atoms with Crippen LogP contribution in [0.2, 0.25) is 0 Å². The van der Waals surface area contributed by atoms with Crippen molar-refractivity contribution >= 4 is 12.0 Å². The molecule has 1 aromatic rings. The molecule has 0 saturated heterocycles. The minimum Gasteiger partial charge on any atom is -0.488 e. The zero-order valence-electron chi connectivity index (χ0n) is 8.72. The Morgan fingerprint density at radius 2 is 2.11 bits per heavy atom. The summed E-state index contributed by atoms with van der Waals surface area (Å²) in [4.78, 5) is 23.3. The minimum absolute atomic E-state index is 0.114. The molecule has 0 radical (unpaired) electrons. The topological polar surface area (TPSA) is 91.6 Å². The molecule has 0 spiro atoms. The lowest BCUT2D eigenvalue weighted by Crippen LogP contribution is -2.18. The summed E-state index contributed by atoms with van der Waals surface area (Å²) in [5, 5.41) is 10.7. The SMILES string of the molecule is COc1c(C=O)ncc(OC(F)(F)F)c1[N+](=O)[O-]. The molecule has 0 atom stereocenters. The maximum atomic E-state index is 12.0. The van der Waals surface area contributed by atoms with Gasteiger partial charge in [-0.15, -0.1) is 13.2 Å². The van der Waals surface area contributed by atoms with E-state index in [9.17, 15) is 28.1 Å². The summed E-state index contributed by atoms with van der Waals surface area (Å²) in [5.74, 6) is -1.85. The van der Waals surface area contributed by atoms with Crippen molar-refractivity contribution in [1.29, 1.82) is 0 Å². The van der Waals surface area contributed by atoms with Crippen molar-refractivity contribution in [3.8, 4) is 11.5 Å². The van der Waals surface area contributed by atoms with Gasteiger partial charge in [0.25, 0.3) is 0 Å². The van der Waals surface area contributed by atoms with Gasteiger partial charge in [-0.2, -0.15) is 0 Å². The van der Waals surface area contributed by atoms with Crippen molar-refractivity contribution in [2.24, 2.45) is 0 Å². The number of halogens is 3. The van der Waals surface area contributed by atoms with Crippen LogP contribution in [0.1, 0.15) is 10.5 Å². The molecule has 0 N–H and O–H groups in total. The van der Waals surface area contributed by atoms with Gasteiger partial charge in [0.05, 0.1) is 18.2 Å². The molecule has 0 aliphatic heterocycles. The van der Waals surface area contributed by atoms with Crippen LogP contribution < -0.4 is 9.47 Å². The molecular formula is C8H5F3N2O5. The Bertz CT molecular complexity index is 488. The smallest absolute Gasteiger partial charge is 0.488 e. The molecule has 0 amide bonds. The van der Waals surface area contributed by atoms with Crippen LogP contribution in [-0.2, 0) is 0 Å². The highest BCUT2D eigenvalue weighted by Crippen LogP contribution is 2.39. The second-order valence-electron chi connectivity index (χ2n) is 2.81. The van der Waals surface area contributed by atoms with Crippen LogP contribution in [0, 0.1) is 10.1 Å². The van der Waals surface area contributed by atoms with Crippen molar-refractivity contribution in [3.63, 3.8) is 0 Å². The van der Waals surface area contributed by atoms with E-state index in [1.54, 1.807) is 0 Å². The van der Waals surface area contributed by atoms with E-state index in [-0.39, 0.29) is 6.29 Å². The Morgan fingerprint density at radius 3 is 2.50 bits per heavy atom. The standard InChI is InChI=1S/C8H5F3N2O5/c1-17-7-4(3-14)12-2-5(6(7)13(15)16)18-8(9,10)11/h2-3H,1H3. The van der Waals surface area contributed by atoms with E-state index in [0.29, 0.717) is 6.20 Å². The van der Waals surface area contributed by atoms with E-state index in [1.807, 2.05) is 0 Å².